The minimum atomic E-state index is -0.260. The first-order chi connectivity index (χ1) is 11.4. The SMILES string of the molecule is CC(=N/N=C/c1ccc(O)cc1O)C(=N)N(O)c1ccc(Cl)cc1. The standard InChI is InChI=1S/C16H15ClN4O3/c1-10(16(18)21(24)13-5-3-12(17)4-6-13)20-19-9-11-2-7-14(22)8-15(11)23/h2-9,18,22-24H,1H3/b18-16?,19-9+,20-10?. The summed E-state index contributed by atoms with van der Waals surface area (Å²) in [7, 11) is 0. The number of benzene rings is 2. The topological polar surface area (TPSA) is 112 Å². The van der Waals surface area contributed by atoms with Crippen LogP contribution in [-0.4, -0.2) is 33.2 Å². The summed E-state index contributed by atoms with van der Waals surface area (Å²) in [5.74, 6) is -0.471. The van der Waals surface area contributed by atoms with Crippen LogP contribution in [0.3, 0.4) is 0 Å². The fourth-order valence-electron chi connectivity index (χ4n) is 1.73. The van der Waals surface area contributed by atoms with Crippen molar-refractivity contribution in [1.29, 1.82) is 5.41 Å². The van der Waals surface area contributed by atoms with Gasteiger partial charge in [-0.1, -0.05) is 11.6 Å². The van der Waals surface area contributed by atoms with E-state index in [0.717, 1.165) is 0 Å². The highest BCUT2D eigenvalue weighted by atomic mass is 35.5. The minimum absolute atomic E-state index is 0.0648. The van der Waals surface area contributed by atoms with Gasteiger partial charge >= 0.3 is 0 Å². The Bertz CT molecular complexity index is 803. The van der Waals surface area contributed by atoms with E-state index in [1.54, 1.807) is 24.3 Å². The van der Waals surface area contributed by atoms with Gasteiger partial charge in [-0.05, 0) is 43.3 Å². The molecule has 8 heteroatoms. The highest BCUT2D eigenvalue weighted by Crippen LogP contribution is 2.21. The van der Waals surface area contributed by atoms with Crippen molar-refractivity contribution < 1.29 is 15.4 Å². The first kappa shape index (κ1) is 17.5. The van der Waals surface area contributed by atoms with E-state index >= 15 is 0 Å². The van der Waals surface area contributed by atoms with Crippen molar-refractivity contribution >= 4 is 35.1 Å². The quantitative estimate of drug-likeness (QED) is 0.386. The molecule has 0 atom stereocenters. The Hall–Kier alpha value is -2.90. The molecular formula is C16H15ClN4O3. The summed E-state index contributed by atoms with van der Waals surface area (Å²) in [5, 5.41) is 45.5. The van der Waals surface area contributed by atoms with Gasteiger partial charge in [-0.15, -0.1) is 0 Å². The van der Waals surface area contributed by atoms with Crippen LogP contribution < -0.4 is 5.06 Å². The highest BCUT2D eigenvalue weighted by Gasteiger charge is 2.12. The van der Waals surface area contributed by atoms with Crippen molar-refractivity contribution in [3.63, 3.8) is 0 Å². The van der Waals surface area contributed by atoms with Crippen molar-refractivity contribution in [2.45, 2.75) is 6.92 Å². The molecule has 0 unspecified atom stereocenters. The first-order valence-electron chi connectivity index (χ1n) is 6.81. The smallest absolute Gasteiger partial charge is 0.173 e. The Kier molecular flexibility index (Phi) is 5.51. The lowest BCUT2D eigenvalue weighted by molar-refractivity contribution is 0.313. The van der Waals surface area contributed by atoms with Crippen LogP contribution in [0.5, 0.6) is 11.5 Å². The number of hydrogen-bond donors (Lipinski definition) is 4. The van der Waals surface area contributed by atoms with Crippen LogP contribution in [0.25, 0.3) is 0 Å². The van der Waals surface area contributed by atoms with Gasteiger partial charge in [0.1, 0.15) is 17.2 Å². The van der Waals surface area contributed by atoms with E-state index in [4.69, 9.17) is 17.0 Å². The summed E-state index contributed by atoms with van der Waals surface area (Å²) in [5.41, 5.74) is 0.871. The number of rotatable bonds is 4. The number of phenolic OH excluding ortho intramolecular Hbond substituents is 2. The molecule has 0 aromatic heterocycles. The lowest BCUT2D eigenvalue weighted by atomic mass is 10.2. The molecule has 124 valence electrons. The molecule has 0 aliphatic heterocycles. The van der Waals surface area contributed by atoms with Gasteiger partial charge in [0.2, 0.25) is 0 Å². The Morgan fingerprint density at radius 1 is 1.17 bits per heavy atom. The second kappa shape index (κ2) is 7.58. The van der Waals surface area contributed by atoms with Crippen LogP contribution in [0, 0.1) is 5.41 Å². The average molecular weight is 347 g/mol. The molecule has 2 rings (SSSR count). The molecule has 7 nitrogen and oxygen atoms in total. The predicted molar refractivity (Wildman–Crippen MR) is 93.9 cm³/mol. The van der Waals surface area contributed by atoms with E-state index in [9.17, 15) is 15.4 Å². The maximum atomic E-state index is 10.0. The summed E-state index contributed by atoms with van der Waals surface area (Å²) < 4.78 is 0. The highest BCUT2D eigenvalue weighted by molar-refractivity contribution is 6.43. The Labute approximate surface area is 143 Å². The predicted octanol–water partition coefficient (Wildman–Crippen LogP) is 3.42. The third kappa shape index (κ3) is 4.31. The number of nitrogens with one attached hydrogen (secondary N) is 1. The van der Waals surface area contributed by atoms with E-state index in [1.807, 2.05) is 0 Å². The lowest BCUT2D eigenvalue weighted by Gasteiger charge is -2.16. The molecule has 4 N–H and O–H groups in total. The van der Waals surface area contributed by atoms with Crippen molar-refractivity contribution in [3.8, 4) is 11.5 Å². The van der Waals surface area contributed by atoms with Gasteiger partial charge in [0.05, 0.1) is 11.9 Å². The van der Waals surface area contributed by atoms with Crippen LogP contribution >= 0.6 is 11.6 Å². The molecule has 0 fully saturated rings. The van der Waals surface area contributed by atoms with E-state index in [1.165, 1.54) is 31.3 Å². The second-order valence-electron chi connectivity index (χ2n) is 4.81. The third-order valence-corrected chi connectivity index (χ3v) is 3.30. The maximum Gasteiger partial charge on any atom is 0.173 e. The summed E-state index contributed by atoms with van der Waals surface area (Å²) >= 11 is 5.77. The molecule has 0 spiro atoms. The van der Waals surface area contributed by atoms with Gasteiger partial charge in [-0.25, -0.2) is 5.06 Å². The molecule has 0 bridgehead atoms. The average Bonchev–Trinajstić information content (AvgIpc) is 2.56. The summed E-state index contributed by atoms with van der Waals surface area (Å²) in [6.07, 6.45) is 1.27. The number of halogens is 1. The van der Waals surface area contributed by atoms with Crippen LogP contribution in [-0.2, 0) is 0 Å². The molecule has 2 aromatic carbocycles. The third-order valence-electron chi connectivity index (χ3n) is 3.04. The van der Waals surface area contributed by atoms with Gasteiger partial charge in [-0.3, -0.25) is 10.6 Å². The number of anilines is 1. The molecular weight excluding hydrogens is 332 g/mol. The van der Waals surface area contributed by atoms with E-state index in [-0.39, 0.29) is 23.0 Å². The normalized spacial score (nSPS) is 11.7. The van der Waals surface area contributed by atoms with E-state index in [0.29, 0.717) is 21.3 Å². The number of hydrogen-bond acceptors (Lipinski definition) is 6. The molecule has 0 saturated heterocycles. The first-order valence-corrected chi connectivity index (χ1v) is 7.19. The monoisotopic (exact) mass is 346 g/mol. The number of amidine groups is 1. The van der Waals surface area contributed by atoms with Gasteiger partial charge < -0.3 is 10.2 Å². The minimum Gasteiger partial charge on any atom is -0.508 e. The Morgan fingerprint density at radius 2 is 1.83 bits per heavy atom. The van der Waals surface area contributed by atoms with Gasteiger partial charge in [0, 0.05) is 16.7 Å². The van der Waals surface area contributed by atoms with Crippen molar-refractivity contribution in [2.75, 3.05) is 5.06 Å². The Morgan fingerprint density at radius 3 is 2.46 bits per heavy atom. The molecule has 0 aliphatic rings. The van der Waals surface area contributed by atoms with Crippen LogP contribution in [0.1, 0.15) is 12.5 Å². The molecule has 0 saturated carbocycles. The van der Waals surface area contributed by atoms with Gasteiger partial charge in [0.15, 0.2) is 5.84 Å². The molecule has 2 aromatic rings. The largest absolute Gasteiger partial charge is 0.508 e. The Balaban J connectivity index is 2.10. The number of hydroxylamine groups is 1. The van der Waals surface area contributed by atoms with Crippen LogP contribution in [0.15, 0.2) is 52.7 Å². The molecule has 0 amide bonds. The van der Waals surface area contributed by atoms with Crippen molar-refractivity contribution in [3.05, 3.63) is 53.1 Å². The molecule has 0 radical (unpaired) electrons. The van der Waals surface area contributed by atoms with E-state index < -0.39 is 0 Å². The number of nitrogens with zero attached hydrogens (tertiary/aromatic N) is 3. The van der Waals surface area contributed by atoms with Crippen molar-refractivity contribution in [2.24, 2.45) is 10.2 Å². The fraction of sp³-hybridized carbons (Fsp3) is 0.0625. The molecule has 0 aliphatic carbocycles. The van der Waals surface area contributed by atoms with Crippen LogP contribution in [0.4, 0.5) is 5.69 Å². The number of aromatic hydroxyl groups is 2. The second-order valence-corrected chi connectivity index (χ2v) is 5.25. The zero-order valence-corrected chi connectivity index (χ0v) is 13.4. The van der Waals surface area contributed by atoms with E-state index in [2.05, 4.69) is 10.2 Å². The fourth-order valence-corrected chi connectivity index (χ4v) is 1.86. The van der Waals surface area contributed by atoms with Crippen molar-refractivity contribution in [1.82, 2.24) is 0 Å². The van der Waals surface area contributed by atoms with Gasteiger partial charge in [-0.2, -0.15) is 10.2 Å². The van der Waals surface area contributed by atoms with Gasteiger partial charge in [0.25, 0.3) is 0 Å². The summed E-state index contributed by atoms with van der Waals surface area (Å²) in [6.45, 7) is 1.51. The molecule has 24 heavy (non-hydrogen) atoms. The maximum absolute atomic E-state index is 10.0. The number of phenols is 2. The molecule has 0 heterocycles. The zero-order valence-electron chi connectivity index (χ0n) is 12.7. The van der Waals surface area contributed by atoms with Crippen LogP contribution in [0.2, 0.25) is 5.02 Å². The lowest BCUT2D eigenvalue weighted by Crippen LogP contribution is -2.31. The zero-order chi connectivity index (χ0) is 17.7. The summed E-state index contributed by atoms with van der Waals surface area (Å²) in [4.78, 5) is 0. The summed E-state index contributed by atoms with van der Waals surface area (Å²) in [6, 6.07) is 10.3.